The molecule has 206 valence electrons. The molecular weight excluding hydrogens is 488 g/mol. The van der Waals surface area contributed by atoms with E-state index < -0.39 is 62.9 Å². The molecule has 4 aliphatic carbocycles. The highest BCUT2D eigenvalue weighted by Crippen LogP contribution is 2.68. The lowest BCUT2D eigenvalue weighted by molar-refractivity contribution is -0.156. The van der Waals surface area contributed by atoms with Gasteiger partial charge in [0.25, 0.3) is 0 Å². The van der Waals surface area contributed by atoms with E-state index >= 15 is 0 Å². The summed E-state index contributed by atoms with van der Waals surface area (Å²) in [5.74, 6) is -5.89. The summed E-state index contributed by atoms with van der Waals surface area (Å²) in [5.41, 5.74) is -4.49. The molecule has 0 radical (unpaired) electrons. The number of carboxylic acids is 1. The summed E-state index contributed by atoms with van der Waals surface area (Å²) in [7, 11) is 0. The third-order valence-corrected chi connectivity index (χ3v) is 11.1. The van der Waals surface area contributed by atoms with Gasteiger partial charge in [0.05, 0.1) is 16.7 Å². The minimum atomic E-state index is -1.51. The van der Waals surface area contributed by atoms with E-state index in [1.165, 1.54) is 6.92 Å². The summed E-state index contributed by atoms with van der Waals surface area (Å²) < 4.78 is 0. The van der Waals surface area contributed by atoms with Gasteiger partial charge in [-0.25, -0.2) is 0 Å². The zero-order chi connectivity index (χ0) is 28.7. The smallest absolute Gasteiger partial charge is 0.306 e. The van der Waals surface area contributed by atoms with Gasteiger partial charge in [-0.05, 0) is 31.1 Å². The minimum Gasteiger partial charge on any atom is -0.481 e. The molecule has 4 aliphatic rings. The highest BCUT2D eigenvalue weighted by atomic mass is 16.4. The maximum atomic E-state index is 14.1. The number of hydrogen-bond acceptors (Lipinski definition) is 7. The molecule has 0 heterocycles. The van der Waals surface area contributed by atoms with Crippen molar-refractivity contribution in [1.29, 1.82) is 0 Å². The van der Waals surface area contributed by atoms with E-state index in [1.807, 2.05) is 6.92 Å². The molecule has 1 N–H and O–H groups in total. The van der Waals surface area contributed by atoms with Crippen molar-refractivity contribution in [1.82, 2.24) is 0 Å². The first-order valence-corrected chi connectivity index (χ1v) is 13.5. The van der Waals surface area contributed by atoms with Crippen LogP contribution in [0.4, 0.5) is 0 Å². The fraction of sp³-hybridized carbons (Fsp3) is 0.700. The number of carbonyl (C=O) groups is 7. The van der Waals surface area contributed by atoms with Gasteiger partial charge < -0.3 is 5.11 Å². The van der Waals surface area contributed by atoms with Crippen LogP contribution in [0.25, 0.3) is 0 Å². The molecule has 7 atom stereocenters. The predicted octanol–water partition coefficient (Wildman–Crippen LogP) is 3.73. The molecule has 0 aliphatic heterocycles. The SMILES string of the molecule is C[C@H](CC(=O)C[C@@H](C)C1CC(=O)[C@@]2(C)C3=C(C(=O)C(=O)[C@]12C)[C@@]1(C)CCC(=O)C(C)(C)[C@@H]1CC3=O)C(=O)O. The highest BCUT2D eigenvalue weighted by molar-refractivity contribution is 6.49. The lowest BCUT2D eigenvalue weighted by Crippen LogP contribution is -2.62. The van der Waals surface area contributed by atoms with E-state index in [0.717, 1.165) is 0 Å². The highest BCUT2D eigenvalue weighted by Gasteiger charge is 2.74. The summed E-state index contributed by atoms with van der Waals surface area (Å²) in [6, 6.07) is 0. The molecule has 0 saturated heterocycles. The van der Waals surface area contributed by atoms with Gasteiger partial charge in [-0.2, -0.15) is 0 Å². The van der Waals surface area contributed by atoms with Crippen LogP contribution in [-0.4, -0.2) is 45.8 Å². The van der Waals surface area contributed by atoms with Crippen molar-refractivity contribution in [3.05, 3.63) is 11.1 Å². The molecule has 0 aromatic heterocycles. The van der Waals surface area contributed by atoms with Crippen LogP contribution in [0, 0.1) is 45.3 Å². The molecule has 8 nitrogen and oxygen atoms in total. The zero-order valence-electron chi connectivity index (χ0n) is 23.4. The van der Waals surface area contributed by atoms with E-state index in [-0.39, 0.29) is 66.4 Å². The van der Waals surface area contributed by atoms with Crippen LogP contribution in [0.1, 0.15) is 87.0 Å². The molecule has 1 unspecified atom stereocenters. The van der Waals surface area contributed by atoms with Crippen LogP contribution in [0.15, 0.2) is 11.1 Å². The number of rotatable bonds is 6. The fourth-order valence-corrected chi connectivity index (χ4v) is 8.45. The molecule has 0 aromatic carbocycles. The predicted molar refractivity (Wildman–Crippen MR) is 136 cm³/mol. The van der Waals surface area contributed by atoms with Gasteiger partial charge in [-0.15, -0.1) is 0 Å². The average molecular weight is 527 g/mol. The van der Waals surface area contributed by atoms with Crippen LogP contribution < -0.4 is 0 Å². The van der Waals surface area contributed by atoms with E-state index in [4.69, 9.17) is 5.11 Å². The normalized spacial score (nSPS) is 37.9. The van der Waals surface area contributed by atoms with Crippen LogP contribution >= 0.6 is 0 Å². The Hall–Kier alpha value is -2.77. The van der Waals surface area contributed by atoms with Gasteiger partial charge in [0.2, 0.25) is 11.6 Å². The van der Waals surface area contributed by atoms with Gasteiger partial charge in [0.15, 0.2) is 5.78 Å². The second-order valence-corrected chi connectivity index (χ2v) is 13.4. The van der Waals surface area contributed by atoms with Crippen molar-refractivity contribution in [3.63, 3.8) is 0 Å². The quantitative estimate of drug-likeness (QED) is 0.517. The van der Waals surface area contributed by atoms with Crippen LogP contribution in [0.5, 0.6) is 0 Å². The molecule has 8 heteroatoms. The number of carboxylic acid groups (broad SMARTS) is 1. The zero-order valence-corrected chi connectivity index (χ0v) is 23.4. The van der Waals surface area contributed by atoms with Crippen molar-refractivity contribution >= 4 is 40.7 Å². The summed E-state index contributed by atoms with van der Waals surface area (Å²) in [6.45, 7) is 11.8. The molecule has 2 saturated carbocycles. The summed E-state index contributed by atoms with van der Waals surface area (Å²) >= 11 is 0. The van der Waals surface area contributed by atoms with E-state index in [1.54, 1.807) is 34.6 Å². The van der Waals surface area contributed by atoms with Crippen molar-refractivity contribution in [2.75, 3.05) is 0 Å². The monoisotopic (exact) mass is 526 g/mol. The second kappa shape index (κ2) is 8.62. The van der Waals surface area contributed by atoms with Crippen molar-refractivity contribution in [2.45, 2.75) is 87.0 Å². The van der Waals surface area contributed by atoms with E-state index in [9.17, 15) is 33.6 Å². The summed E-state index contributed by atoms with van der Waals surface area (Å²) in [6.07, 6.45) is 0.346. The Kier molecular flexibility index (Phi) is 6.40. The van der Waals surface area contributed by atoms with Gasteiger partial charge in [0, 0.05) is 54.1 Å². The number of allylic oxidation sites excluding steroid dienone is 2. The topological polar surface area (TPSA) is 140 Å². The van der Waals surface area contributed by atoms with Gasteiger partial charge in [-0.3, -0.25) is 33.6 Å². The summed E-state index contributed by atoms with van der Waals surface area (Å²) in [5, 5.41) is 9.15. The van der Waals surface area contributed by atoms with Crippen LogP contribution in [0.2, 0.25) is 0 Å². The fourth-order valence-electron chi connectivity index (χ4n) is 8.45. The largest absolute Gasteiger partial charge is 0.481 e. The second-order valence-electron chi connectivity index (χ2n) is 13.4. The summed E-state index contributed by atoms with van der Waals surface area (Å²) in [4.78, 5) is 92.4. The number of hydrogen-bond donors (Lipinski definition) is 1. The lowest BCUT2D eigenvalue weighted by atomic mass is 9.42. The molecule has 0 bridgehead atoms. The Morgan fingerprint density at radius 2 is 1.50 bits per heavy atom. The third-order valence-electron chi connectivity index (χ3n) is 11.1. The average Bonchev–Trinajstić information content (AvgIpc) is 3.03. The van der Waals surface area contributed by atoms with Gasteiger partial charge in [0.1, 0.15) is 17.3 Å². The molecular formula is C30H38O8. The number of aliphatic carboxylic acids is 1. The lowest BCUT2D eigenvalue weighted by Gasteiger charge is -2.57. The van der Waals surface area contributed by atoms with Crippen molar-refractivity contribution in [3.8, 4) is 0 Å². The molecule has 38 heavy (non-hydrogen) atoms. The third kappa shape index (κ3) is 3.44. The Morgan fingerprint density at radius 3 is 2.08 bits per heavy atom. The van der Waals surface area contributed by atoms with Crippen LogP contribution in [-0.2, 0) is 33.6 Å². The number of ketones is 6. The number of carbonyl (C=O) groups excluding carboxylic acids is 6. The number of Topliss-reactive ketones (excluding diaryl/α,β-unsaturated/α-hetero) is 6. The first-order chi connectivity index (χ1) is 17.4. The maximum Gasteiger partial charge on any atom is 0.306 e. The minimum absolute atomic E-state index is 0.0233. The Balaban J connectivity index is 1.81. The standard InChI is InChI=1S/C30H38O8/c1-14(10-16(31)11-15(2)26(37)38)17-12-21(34)30(7)22-18(32)13-19-27(3,4)20(33)8-9-28(19,5)23(22)24(35)25(36)29(17,30)6/h14-15,17,19H,8-13H2,1-7H3,(H,37,38)/t14-,15-,17?,19+,28+,29+,30+/m1/s1. The Labute approximate surface area is 223 Å². The molecule has 0 amide bonds. The molecule has 4 rings (SSSR count). The Morgan fingerprint density at radius 1 is 0.895 bits per heavy atom. The number of fused-ring (bicyclic) bond motifs is 4. The molecule has 2 fully saturated rings. The first kappa shape index (κ1) is 28.2. The Bertz CT molecular complexity index is 1240. The van der Waals surface area contributed by atoms with E-state index in [2.05, 4.69) is 0 Å². The van der Waals surface area contributed by atoms with Crippen LogP contribution in [0.3, 0.4) is 0 Å². The van der Waals surface area contributed by atoms with Crippen molar-refractivity contribution in [2.24, 2.45) is 45.3 Å². The maximum absolute atomic E-state index is 14.1. The van der Waals surface area contributed by atoms with Gasteiger partial charge >= 0.3 is 5.97 Å². The molecule has 0 spiro atoms. The first-order valence-electron chi connectivity index (χ1n) is 13.5. The van der Waals surface area contributed by atoms with Crippen molar-refractivity contribution < 1.29 is 38.7 Å². The molecule has 0 aromatic rings. The van der Waals surface area contributed by atoms with Gasteiger partial charge in [-0.1, -0.05) is 41.5 Å². The van der Waals surface area contributed by atoms with E-state index in [0.29, 0.717) is 6.42 Å².